The second-order valence-electron chi connectivity index (χ2n) is 3.68. The monoisotopic (exact) mass is 188 g/mol. The number of nitrogens with two attached hydrogens (primary N) is 1. The molecule has 1 heterocycles. The van der Waals surface area contributed by atoms with Crippen molar-refractivity contribution in [2.75, 3.05) is 0 Å². The molecule has 0 aliphatic carbocycles. The number of fused-ring (bicyclic) bond motifs is 1. The van der Waals surface area contributed by atoms with Crippen LogP contribution in [-0.4, -0.2) is 4.98 Å². The van der Waals surface area contributed by atoms with Crippen LogP contribution in [0.4, 0.5) is 0 Å². The van der Waals surface area contributed by atoms with Crippen LogP contribution in [0, 0.1) is 0 Å². The van der Waals surface area contributed by atoms with E-state index in [0.29, 0.717) is 0 Å². The van der Waals surface area contributed by atoms with Gasteiger partial charge in [-0.25, -0.2) is 0 Å². The van der Waals surface area contributed by atoms with E-state index in [1.54, 1.807) is 0 Å². The van der Waals surface area contributed by atoms with Crippen LogP contribution in [0.15, 0.2) is 30.5 Å². The highest BCUT2D eigenvalue weighted by Gasteiger charge is 2.09. The quantitative estimate of drug-likeness (QED) is 0.764. The second kappa shape index (κ2) is 3.84. The number of aromatic nitrogens is 1. The number of nitrogens with one attached hydrogen (secondary N) is 1. The van der Waals surface area contributed by atoms with Crippen molar-refractivity contribution in [2.24, 2.45) is 5.73 Å². The van der Waals surface area contributed by atoms with Crippen LogP contribution in [0.3, 0.4) is 0 Å². The molecule has 0 radical (unpaired) electrons. The average Bonchev–Trinajstić information content (AvgIpc) is 2.61. The maximum absolute atomic E-state index is 6.10. The third-order valence-electron chi connectivity index (χ3n) is 2.62. The van der Waals surface area contributed by atoms with Crippen LogP contribution in [0.1, 0.15) is 31.4 Å². The molecule has 3 N–H and O–H groups in total. The van der Waals surface area contributed by atoms with Crippen molar-refractivity contribution in [3.63, 3.8) is 0 Å². The first-order valence-corrected chi connectivity index (χ1v) is 5.14. The van der Waals surface area contributed by atoms with E-state index < -0.39 is 0 Å². The normalized spacial score (nSPS) is 13.3. The fourth-order valence-corrected chi connectivity index (χ4v) is 1.87. The van der Waals surface area contributed by atoms with Crippen molar-refractivity contribution >= 4 is 10.9 Å². The Bertz CT molecular complexity index is 417. The van der Waals surface area contributed by atoms with Gasteiger partial charge >= 0.3 is 0 Å². The molecule has 2 aromatic rings. The Morgan fingerprint density at radius 3 is 2.93 bits per heavy atom. The average molecular weight is 188 g/mol. The molecule has 0 amide bonds. The zero-order valence-corrected chi connectivity index (χ0v) is 8.46. The number of para-hydroxylation sites is 1. The Balaban J connectivity index is 2.42. The van der Waals surface area contributed by atoms with E-state index in [-0.39, 0.29) is 6.04 Å². The number of aromatic amines is 1. The molecule has 2 nitrogen and oxygen atoms in total. The number of hydrogen-bond donors (Lipinski definition) is 2. The van der Waals surface area contributed by atoms with Crippen LogP contribution < -0.4 is 5.73 Å². The molecule has 0 saturated carbocycles. The standard InChI is InChI=1S/C12H16N2/c1-2-5-11(13)10-8-14-12-7-4-3-6-9(10)12/h3-4,6-8,11,14H,2,5,13H2,1H3/t11-/m0/s1. The van der Waals surface area contributed by atoms with E-state index in [9.17, 15) is 0 Å². The molecule has 14 heavy (non-hydrogen) atoms. The summed E-state index contributed by atoms with van der Waals surface area (Å²) in [6, 6.07) is 8.46. The summed E-state index contributed by atoms with van der Waals surface area (Å²) in [5.74, 6) is 0. The fourth-order valence-electron chi connectivity index (χ4n) is 1.87. The number of hydrogen-bond acceptors (Lipinski definition) is 1. The smallest absolute Gasteiger partial charge is 0.0457 e. The highest BCUT2D eigenvalue weighted by molar-refractivity contribution is 5.83. The van der Waals surface area contributed by atoms with Crippen LogP contribution in [-0.2, 0) is 0 Å². The van der Waals surface area contributed by atoms with Crippen molar-refractivity contribution in [1.29, 1.82) is 0 Å². The lowest BCUT2D eigenvalue weighted by Gasteiger charge is -2.08. The van der Waals surface area contributed by atoms with E-state index >= 15 is 0 Å². The minimum Gasteiger partial charge on any atom is -0.361 e. The van der Waals surface area contributed by atoms with Gasteiger partial charge in [-0.15, -0.1) is 0 Å². The molecule has 0 unspecified atom stereocenters. The van der Waals surface area contributed by atoms with Gasteiger partial charge in [0.05, 0.1) is 0 Å². The number of benzene rings is 1. The zero-order chi connectivity index (χ0) is 9.97. The van der Waals surface area contributed by atoms with Crippen LogP contribution >= 0.6 is 0 Å². The molecule has 0 fully saturated rings. The van der Waals surface area contributed by atoms with Crippen molar-refractivity contribution in [1.82, 2.24) is 4.98 Å². The molecule has 0 saturated heterocycles. The van der Waals surface area contributed by atoms with E-state index in [1.165, 1.54) is 16.5 Å². The SMILES string of the molecule is CCC[C@H](N)c1c[nH]c2ccccc12. The van der Waals surface area contributed by atoms with E-state index in [0.717, 1.165) is 12.8 Å². The van der Waals surface area contributed by atoms with Crippen molar-refractivity contribution in [3.8, 4) is 0 Å². The molecular formula is C12H16N2. The highest BCUT2D eigenvalue weighted by Crippen LogP contribution is 2.24. The first-order valence-electron chi connectivity index (χ1n) is 5.14. The minimum absolute atomic E-state index is 0.163. The van der Waals surface area contributed by atoms with Gasteiger partial charge in [0.1, 0.15) is 0 Å². The highest BCUT2D eigenvalue weighted by atomic mass is 14.7. The van der Waals surface area contributed by atoms with Gasteiger partial charge in [-0.2, -0.15) is 0 Å². The largest absolute Gasteiger partial charge is 0.361 e. The van der Waals surface area contributed by atoms with Crippen molar-refractivity contribution in [2.45, 2.75) is 25.8 Å². The number of rotatable bonds is 3. The molecular weight excluding hydrogens is 172 g/mol. The maximum Gasteiger partial charge on any atom is 0.0457 e. The van der Waals surface area contributed by atoms with E-state index in [1.807, 2.05) is 12.3 Å². The summed E-state index contributed by atoms with van der Waals surface area (Å²) < 4.78 is 0. The maximum atomic E-state index is 6.10. The molecule has 0 aliphatic heterocycles. The van der Waals surface area contributed by atoms with Crippen LogP contribution in [0.5, 0.6) is 0 Å². The Morgan fingerprint density at radius 1 is 1.36 bits per heavy atom. The molecule has 0 spiro atoms. The fraction of sp³-hybridized carbons (Fsp3) is 0.333. The van der Waals surface area contributed by atoms with Gasteiger partial charge in [0.2, 0.25) is 0 Å². The Labute approximate surface area is 84.1 Å². The lowest BCUT2D eigenvalue weighted by Crippen LogP contribution is -2.08. The van der Waals surface area contributed by atoms with Gasteiger partial charge in [-0.3, -0.25) is 0 Å². The molecule has 2 rings (SSSR count). The van der Waals surface area contributed by atoms with Gasteiger partial charge < -0.3 is 10.7 Å². The molecule has 1 aromatic carbocycles. The number of H-pyrrole nitrogens is 1. The summed E-state index contributed by atoms with van der Waals surface area (Å²) in [5, 5.41) is 1.26. The summed E-state index contributed by atoms with van der Waals surface area (Å²) in [6.07, 6.45) is 4.20. The van der Waals surface area contributed by atoms with Gasteiger partial charge in [0.25, 0.3) is 0 Å². The second-order valence-corrected chi connectivity index (χ2v) is 3.68. The summed E-state index contributed by atoms with van der Waals surface area (Å²) >= 11 is 0. The van der Waals surface area contributed by atoms with Crippen LogP contribution in [0.25, 0.3) is 10.9 Å². The molecule has 1 aromatic heterocycles. The topological polar surface area (TPSA) is 41.8 Å². The third-order valence-corrected chi connectivity index (χ3v) is 2.62. The van der Waals surface area contributed by atoms with Crippen molar-refractivity contribution < 1.29 is 0 Å². The Hall–Kier alpha value is -1.28. The first kappa shape index (κ1) is 9.28. The van der Waals surface area contributed by atoms with Crippen LogP contribution in [0.2, 0.25) is 0 Å². The molecule has 0 aliphatic rings. The predicted molar refractivity (Wildman–Crippen MR) is 60.1 cm³/mol. The molecule has 74 valence electrons. The summed E-state index contributed by atoms with van der Waals surface area (Å²) in [6.45, 7) is 2.16. The third kappa shape index (κ3) is 1.53. The molecule has 2 heteroatoms. The Morgan fingerprint density at radius 2 is 2.14 bits per heavy atom. The first-order chi connectivity index (χ1) is 6.83. The lowest BCUT2D eigenvalue weighted by molar-refractivity contribution is 0.642. The molecule has 1 atom stereocenters. The van der Waals surface area contributed by atoms with Crippen molar-refractivity contribution in [3.05, 3.63) is 36.0 Å². The van der Waals surface area contributed by atoms with Gasteiger partial charge in [-0.1, -0.05) is 31.5 Å². The minimum atomic E-state index is 0.163. The van der Waals surface area contributed by atoms with Gasteiger partial charge in [0.15, 0.2) is 0 Å². The van der Waals surface area contributed by atoms with Gasteiger partial charge in [-0.05, 0) is 18.1 Å². The summed E-state index contributed by atoms with van der Waals surface area (Å²) in [7, 11) is 0. The molecule has 0 bridgehead atoms. The summed E-state index contributed by atoms with van der Waals surface area (Å²) in [4.78, 5) is 3.25. The van der Waals surface area contributed by atoms with E-state index in [4.69, 9.17) is 5.73 Å². The summed E-state index contributed by atoms with van der Waals surface area (Å²) in [5.41, 5.74) is 8.51. The van der Waals surface area contributed by atoms with E-state index in [2.05, 4.69) is 30.1 Å². The zero-order valence-electron chi connectivity index (χ0n) is 8.46. The predicted octanol–water partition coefficient (Wildman–Crippen LogP) is 2.97. The Kier molecular flexibility index (Phi) is 2.55. The lowest BCUT2D eigenvalue weighted by atomic mass is 10.0. The van der Waals surface area contributed by atoms with Gasteiger partial charge in [0, 0.05) is 23.1 Å².